The summed E-state index contributed by atoms with van der Waals surface area (Å²) in [5.74, 6) is 0.785. The molecule has 1 aromatic rings. The summed E-state index contributed by atoms with van der Waals surface area (Å²) in [6.45, 7) is 10.2. The Kier molecular flexibility index (Phi) is 9.79. The van der Waals surface area contributed by atoms with Gasteiger partial charge in [-0.25, -0.2) is 4.99 Å². The number of ether oxygens (including phenoxy) is 2. The van der Waals surface area contributed by atoms with Gasteiger partial charge in [0.1, 0.15) is 0 Å². The minimum absolute atomic E-state index is 0.0221. The molecule has 3 N–H and O–H groups in total. The maximum atomic E-state index is 11.7. The molecule has 2 rings (SSSR count). The molecule has 0 spiro atoms. The summed E-state index contributed by atoms with van der Waals surface area (Å²) >= 11 is 0. The molecule has 1 aromatic carbocycles. The third-order valence-electron chi connectivity index (χ3n) is 4.36. The number of carbonyl (C=O) groups excluding carboxylic acids is 1. The fourth-order valence-corrected chi connectivity index (χ4v) is 2.67. The molecule has 1 atom stereocenters. The zero-order valence-corrected chi connectivity index (χ0v) is 17.3. The number of amides is 1. The summed E-state index contributed by atoms with van der Waals surface area (Å²) in [6, 6.07) is 7.80. The Labute approximate surface area is 168 Å². The Morgan fingerprint density at radius 1 is 1.29 bits per heavy atom. The van der Waals surface area contributed by atoms with Gasteiger partial charge < -0.3 is 25.4 Å². The number of rotatable bonds is 10. The first-order chi connectivity index (χ1) is 13.6. The number of aliphatic imine (C=N–C) groups is 1. The van der Waals surface area contributed by atoms with Crippen LogP contribution in [0.15, 0.2) is 29.3 Å². The first kappa shape index (κ1) is 22.2. The molecule has 7 heteroatoms. The lowest BCUT2D eigenvalue weighted by atomic mass is 10.2. The molecule has 0 aliphatic carbocycles. The number of nitrogens with zero attached hydrogens (tertiary/aromatic N) is 1. The van der Waals surface area contributed by atoms with Crippen LogP contribution in [-0.2, 0) is 20.8 Å². The highest BCUT2D eigenvalue weighted by molar-refractivity contribution is 5.92. The molecule has 1 unspecified atom stereocenters. The van der Waals surface area contributed by atoms with Crippen molar-refractivity contribution in [2.45, 2.75) is 46.3 Å². The zero-order valence-electron chi connectivity index (χ0n) is 17.3. The van der Waals surface area contributed by atoms with Crippen molar-refractivity contribution in [3.63, 3.8) is 0 Å². The van der Waals surface area contributed by atoms with Gasteiger partial charge in [-0.1, -0.05) is 26.0 Å². The van der Waals surface area contributed by atoms with E-state index < -0.39 is 0 Å². The number of carbonyl (C=O) groups is 1. The van der Waals surface area contributed by atoms with Crippen LogP contribution >= 0.6 is 0 Å². The molecule has 1 heterocycles. The van der Waals surface area contributed by atoms with E-state index in [0.717, 1.165) is 63.0 Å². The van der Waals surface area contributed by atoms with Crippen LogP contribution < -0.4 is 16.0 Å². The Hall–Kier alpha value is -2.12. The summed E-state index contributed by atoms with van der Waals surface area (Å²) < 4.78 is 11.1. The minimum atomic E-state index is -0.0325. The van der Waals surface area contributed by atoms with E-state index in [1.807, 2.05) is 45.0 Å². The van der Waals surface area contributed by atoms with Gasteiger partial charge in [0.2, 0.25) is 5.91 Å². The van der Waals surface area contributed by atoms with Crippen LogP contribution in [0.4, 0.5) is 5.69 Å². The highest BCUT2D eigenvalue weighted by Crippen LogP contribution is 2.12. The molecule has 0 saturated carbocycles. The minimum Gasteiger partial charge on any atom is -0.379 e. The molecule has 1 fully saturated rings. The fourth-order valence-electron chi connectivity index (χ4n) is 2.67. The van der Waals surface area contributed by atoms with Crippen molar-refractivity contribution >= 4 is 17.6 Å². The molecular weight excluding hydrogens is 356 g/mol. The van der Waals surface area contributed by atoms with E-state index >= 15 is 0 Å². The molecule has 28 heavy (non-hydrogen) atoms. The maximum absolute atomic E-state index is 11.7. The Balaban J connectivity index is 1.73. The van der Waals surface area contributed by atoms with Crippen molar-refractivity contribution in [1.82, 2.24) is 10.6 Å². The van der Waals surface area contributed by atoms with Crippen molar-refractivity contribution in [1.29, 1.82) is 0 Å². The van der Waals surface area contributed by atoms with Crippen molar-refractivity contribution < 1.29 is 14.3 Å². The summed E-state index contributed by atoms with van der Waals surface area (Å²) in [6.07, 6.45) is 2.18. The number of guanidine groups is 1. The van der Waals surface area contributed by atoms with Crippen LogP contribution in [0, 0.1) is 5.92 Å². The van der Waals surface area contributed by atoms with Gasteiger partial charge in [0, 0.05) is 37.9 Å². The SMILES string of the molecule is CCNC(=NCc1ccc(NC(=O)C(C)C)cc1)NCCCOC1CCOC1. The molecular formula is C21H34N4O3. The summed E-state index contributed by atoms with van der Waals surface area (Å²) in [5.41, 5.74) is 1.90. The largest absolute Gasteiger partial charge is 0.379 e. The number of nitrogens with one attached hydrogen (secondary N) is 3. The second kappa shape index (κ2) is 12.4. The van der Waals surface area contributed by atoms with Crippen LogP contribution in [0.1, 0.15) is 39.2 Å². The molecule has 0 bridgehead atoms. The van der Waals surface area contributed by atoms with E-state index in [1.165, 1.54) is 0 Å². The highest BCUT2D eigenvalue weighted by atomic mass is 16.5. The van der Waals surface area contributed by atoms with Gasteiger partial charge in [0.05, 0.1) is 19.3 Å². The van der Waals surface area contributed by atoms with Crippen LogP contribution in [0.3, 0.4) is 0 Å². The van der Waals surface area contributed by atoms with Gasteiger partial charge in [-0.2, -0.15) is 0 Å². The molecule has 7 nitrogen and oxygen atoms in total. The van der Waals surface area contributed by atoms with E-state index in [0.29, 0.717) is 6.54 Å². The predicted molar refractivity (Wildman–Crippen MR) is 113 cm³/mol. The van der Waals surface area contributed by atoms with Crippen molar-refractivity contribution in [3.8, 4) is 0 Å². The van der Waals surface area contributed by atoms with Gasteiger partial charge in [-0.3, -0.25) is 4.79 Å². The van der Waals surface area contributed by atoms with Crippen molar-refractivity contribution in [3.05, 3.63) is 29.8 Å². The Bertz CT molecular complexity index is 611. The Morgan fingerprint density at radius 3 is 2.71 bits per heavy atom. The zero-order chi connectivity index (χ0) is 20.2. The molecule has 1 amide bonds. The summed E-state index contributed by atoms with van der Waals surface area (Å²) in [4.78, 5) is 16.4. The van der Waals surface area contributed by atoms with Gasteiger partial charge >= 0.3 is 0 Å². The third kappa shape index (κ3) is 8.27. The standard InChI is InChI=1S/C21H34N4O3/c1-4-22-21(23-11-5-12-28-19-10-13-27-15-19)24-14-17-6-8-18(9-7-17)25-20(26)16(2)3/h6-9,16,19H,4-5,10-15H2,1-3H3,(H,25,26)(H2,22,23,24). The van der Waals surface area contributed by atoms with Gasteiger partial charge in [0.25, 0.3) is 0 Å². The van der Waals surface area contributed by atoms with E-state index in [-0.39, 0.29) is 17.9 Å². The quantitative estimate of drug-likeness (QED) is 0.325. The average Bonchev–Trinajstić information content (AvgIpc) is 3.20. The lowest BCUT2D eigenvalue weighted by molar-refractivity contribution is -0.118. The van der Waals surface area contributed by atoms with Crippen LogP contribution in [0.2, 0.25) is 0 Å². The lowest BCUT2D eigenvalue weighted by Crippen LogP contribution is -2.38. The number of benzene rings is 1. The average molecular weight is 391 g/mol. The topological polar surface area (TPSA) is 84.0 Å². The van der Waals surface area contributed by atoms with Crippen LogP contribution in [0.5, 0.6) is 0 Å². The summed E-state index contributed by atoms with van der Waals surface area (Å²) in [5, 5.41) is 9.49. The molecule has 1 aliphatic heterocycles. The number of hydrogen-bond acceptors (Lipinski definition) is 4. The Morgan fingerprint density at radius 2 is 2.07 bits per heavy atom. The molecule has 0 radical (unpaired) electrons. The smallest absolute Gasteiger partial charge is 0.226 e. The summed E-state index contributed by atoms with van der Waals surface area (Å²) in [7, 11) is 0. The monoisotopic (exact) mass is 390 g/mol. The van der Waals surface area contributed by atoms with Crippen LogP contribution in [-0.4, -0.2) is 50.9 Å². The second-order valence-corrected chi connectivity index (χ2v) is 7.17. The van der Waals surface area contributed by atoms with Crippen molar-refractivity contribution in [2.24, 2.45) is 10.9 Å². The second-order valence-electron chi connectivity index (χ2n) is 7.17. The lowest BCUT2D eigenvalue weighted by Gasteiger charge is -2.13. The van der Waals surface area contributed by atoms with Gasteiger partial charge in [-0.05, 0) is 37.5 Å². The van der Waals surface area contributed by atoms with Gasteiger partial charge in [-0.15, -0.1) is 0 Å². The normalized spacial score (nSPS) is 17.0. The maximum Gasteiger partial charge on any atom is 0.226 e. The van der Waals surface area contributed by atoms with Crippen LogP contribution in [0.25, 0.3) is 0 Å². The number of hydrogen-bond donors (Lipinski definition) is 3. The van der Waals surface area contributed by atoms with Crippen molar-refractivity contribution in [2.75, 3.05) is 38.2 Å². The van der Waals surface area contributed by atoms with E-state index in [4.69, 9.17) is 9.47 Å². The van der Waals surface area contributed by atoms with E-state index in [1.54, 1.807) is 0 Å². The molecule has 1 aliphatic rings. The first-order valence-electron chi connectivity index (χ1n) is 10.2. The van der Waals surface area contributed by atoms with Gasteiger partial charge in [0.15, 0.2) is 5.96 Å². The van der Waals surface area contributed by atoms with E-state index in [9.17, 15) is 4.79 Å². The molecule has 156 valence electrons. The molecule has 0 aromatic heterocycles. The third-order valence-corrected chi connectivity index (χ3v) is 4.36. The highest BCUT2D eigenvalue weighted by Gasteiger charge is 2.15. The van der Waals surface area contributed by atoms with E-state index in [2.05, 4.69) is 20.9 Å². The first-order valence-corrected chi connectivity index (χ1v) is 10.2. The fraction of sp³-hybridized carbons (Fsp3) is 0.619. The predicted octanol–water partition coefficient (Wildman–Crippen LogP) is 2.53. The molecule has 1 saturated heterocycles. The number of anilines is 1.